The quantitative estimate of drug-likeness (QED) is 0.716. The molecule has 1 aromatic rings. The van der Waals surface area contributed by atoms with Gasteiger partial charge in [-0.15, -0.1) is 0 Å². The Labute approximate surface area is 98.4 Å². The molecule has 0 radical (unpaired) electrons. The second-order valence-electron chi connectivity index (χ2n) is 3.50. The van der Waals surface area contributed by atoms with Crippen molar-refractivity contribution in [3.8, 4) is 0 Å². The number of hydrogen-bond acceptors (Lipinski definition) is 3. The zero-order valence-electron chi connectivity index (χ0n) is 9.18. The normalized spacial score (nSPS) is 14.4. The Kier molecular flexibility index (Phi) is 4.87. The summed E-state index contributed by atoms with van der Waals surface area (Å²) < 4.78 is 0. The van der Waals surface area contributed by atoms with Crippen LogP contribution in [-0.4, -0.2) is 22.9 Å². The monoisotopic (exact) mass is 235 g/mol. The van der Waals surface area contributed by atoms with Crippen LogP contribution < -0.4 is 5.32 Å². The Morgan fingerprint density at radius 2 is 1.59 bits per heavy atom. The van der Waals surface area contributed by atoms with Gasteiger partial charge < -0.3 is 5.11 Å². The lowest BCUT2D eigenvalue weighted by molar-refractivity contribution is -0.132. The van der Waals surface area contributed by atoms with E-state index in [0.29, 0.717) is 24.8 Å². The molecule has 1 fully saturated rings. The van der Waals surface area contributed by atoms with E-state index in [0.717, 1.165) is 0 Å². The Morgan fingerprint density at radius 1 is 1.06 bits per heavy atom. The van der Waals surface area contributed by atoms with Crippen LogP contribution >= 0.6 is 0 Å². The Bertz CT molecular complexity index is 400. The molecule has 0 aromatic heterocycles. The molecule has 1 heterocycles. The lowest BCUT2D eigenvalue weighted by atomic mass is 10.1. The van der Waals surface area contributed by atoms with E-state index in [1.807, 2.05) is 0 Å². The molecule has 90 valence electrons. The van der Waals surface area contributed by atoms with Crippen molar-refractivity contribution in [2.24, 2.45) is 0 Å². The van der Waals surface area contributed by atoms with Gasteiger partial charge >= 0.3 is 5.97 Å². The summed E-state index contributed by atoms with van der Waals surface area (Å²) in [6.07, 6.45) is 1.72. The number of hydrogen-bond donors (Lipinski definition) is 2. The summed E-state index contributed by atoms with van der Waals surface area (Å²) in [5.41, 5.74) is 0.331. The minimum Gasteiger partial charge on any atom is -0.478 e. The van der Waals surface area contributed by atoms with Crippen LogP contribution in [-0.2, 0) is 9.59 Å². The number of carbonyl (C=O) groups is 3. The molecule has 5 nitrogen and oxygen atoms in total. The zero-order valence-corrected chi connectivity index (χ0v) is 9.18. The SMILES string of the molecule is O=C(O)c1ccccc1.O=C1CCCC(=O)N1. The fourth-order valence-electron chi connectivity index (χ4n) is 1.27. The zero-order chi connectivity index (χ0) is 12.7. The molecule has 2 N–H and O–H groups in total. The van der Waals surface area contributed by atoms with Crippen molar-refractivity contribution in [1.82, 2.24) is 5.32 Å². The van der Waals surface area contributed by atoms with E-state index >= 15 is 0 Å². The summed E-state index contributed by atoms with van der Waals surface area (Å²) >= 11 is 0. The summed E-state index contributed by atoms with van der Waals surface area (Å²) in [5, 5.41) is 10.6. The van der Waals surface area contributed by atoms with Crippen LogP contribution in [0.25, 0.3) is 0 Å². The minimum atomic E-state index is -0.879. The van der Waals surface area contributed by atoms with Crippen LogP contribution in [0.2, 0.25) is 0 Å². The maximum absolute atomic E-state index is 10.3. The first kappa shape index (κ1) is 12.9. The first-order chi connectivity index (χ1) is 8.09. The number of amides is 2. The first-order valence-corrected chi connectivity index (χ1v) is 5.20. The average Bonchev–Trinajstić information content (AvgIpc) is 2.30. The molecule has 0 unspecified atom stereocenters. The highest BCUT2D eigenvalue weighted by Gasteiger charge is 2.12. The summed E-state index contributed by atoms with van der Waals surface area (Å²) in [5.74, 6) is -1.15. The van der Waals surface area contributed by atoms with Crippen molar-refractivity contribution in [1.29, 1.82) is 0 Å². The topological polar surface area (TPSA) is 83.5 Å². The molecule has 0 spiro atoms. The summed E-state index contributed by atoms with van der Waals surface area (Å²) in [4.78, 5) is 30.9. The van der Waals surface area contributed by atoms with Gasteiger partial charge in [-0.3, -0.25) is 14.9 Å². The first-order valence-electron chi connectivity index (χ1n) is 5.20. The Morgan fingerprint density at radius 3 is 1.88 bits per heavy atom. The van der Waals surface area contributed by atoms with Gasteiger partial charge in [-0.1, -0.05) is 18.2 Å². The Balaban J connectivity index is 0.000000171. The van der Waals surface area contributed by atoms with Crippen molar-refractivity contribution >= 4 is 17.8 Å². The lowest BCUT2D eigenvalue weighted by Crippen LogP contribution is -2.33. The van der Waals surface area contributed by atoms with E-state index in [-0.39, 0.29) is 11.8 Å². The van der Waals surface area contributed by atoms with Crippen molar-refractivity contribution in [3.63, 3.8) is 0 Å². The third-order valence-corrected chi connectivity index (χ3v) is 2.11. The Hall–Kier alpha value is -2.17. The van der Waals surface area contributed by atoms with Gasteiger partial charge in [0.1, 0.15) is 0 Å². The van der Waals surface area contributed by atoms with Crippen molar-refractivity contribution in [3.05, 3.63) is 35.9 Å². The number of benzene rings is 1. The summed E-state index contributed by atoms with van der Waals surface area (Å²) in [6, 6.07) is 8.30. The molecular weight excluding hydrogens is 222 g/mol. The largest absolute Gasteiger partial charge is 0.478 e. The molecular formula is C12H13NO4. The smallest absolute Gasteiger partial charge is 0.335 e. The molecule has 2 rings (SSSR count). The number of rotatable bonds is 1. The molecule has 2 amide bonds. The minimum absolute atomic E-state index is 0.138. The number of imide groups is 1. The van der Waals surface area contributed by atoms with Gasteiger partial charge in [0.25, 0.3) is 0 Å². The fraction of sp³-hybridized carbons (Fsp3) is 0.250. The third-order valence-electron chi connectivity index (χ3n) is 2.11. The molecule has 0 saturated carbocycles. The van der Waals surface area contributed by atoms with Crippen LogP contribution in [0, 0.1) is 0 Å². The van der Waals surface area contributed by atoms with Gasteiger partial charge in [-0.25, -0.2) is 4.79 Å². The molecule has 0 bridgehead atoms. The van der Waals surface area contributed by atoms with E-state index in [1.54, 1.807) is 30.3 Å². The van der Waals surface area contributed by atoms with Crippen molar-refractivity contribution < 1.29 is 19.5 Å². The number of nitrogens with one attached hydrogen (secondary N) is 1. The van der Waals surface area contributed by atoms with Gasteiger partial charge in [0, 0.05) is 12.8 Å². The van der Waals surface area contributed by atoms with Crippen LogP contribution in [0.5, 0.6) is 0 Å². The number of carboxylic acid groups (broad SMARTS) is 1. The number of piperidine rings is 1. The third kappa shape index (κ3) is 4.92. The van der Waals surface area contributed by atoms with Crippen LogP contribution in [0.1, 0.15) is 29.6 Å². The molecule has 0 atom stereocenters. The van der Waals surface area contributed by atoms with Gasteiger partial charge in [0.15, 0.2) is 0 Å². The second-order valence-corrected chi connectivity index (χ2v) is 3.50. The number of aromatic carboxylic acids is 1. The van der Waals surface area contributed by atoms with Crippen LogP contribution in [0.4, 0.5) is 0 Å². The molecule has 1 aliphatic rings. The fourth-order valence-corrected chi connectivity index (χ4v) is 1.27. The summed E-state index contributed by atoms with van der Waals surface area (Å²) in [6.45, 7) is 0. The molecule has 5 heteroatoms. The van der Waals surface area contributed by atoms with Crippen molar-refractivity contribution in [2.45, 2.75) is 19.3 Å². The second kappa shape index (κ2) is 6.42. The number of carbonyl (C=O) groups excluding carboxylic acids is 2. The highest BCUT2D eigenvalue weighted by Crippen LogP contribution is 2.00. The molecule has 1 aliphatic heterocycles. The van der Waals surface area contributed by atoms with E-state index in [2.05, 4.69) is 5.32 Å². The van der Waals surface area contributed by atoms with Crippen molar-refractivity contribution in [2.75, 3.05) is 0 Å². The van der Waals surface area contributed by atoms with Gasteiger partial charge in [-0.05, 0) is 18.6 Å². The standard InChI is InChI=1S/C7H6O2.C5H7NO2/c8-7(9)6-4-2-1-3-5-6;7-4-2-1-3-5(8)6-4/h1-5H,(H,8,9);1-3H2,(H,6,7,8). The number of carboxylic acids is 1. The predicted octanol–water partition coefficient (Wildman–Crippen LogP) is 1.20. The summed E-state index contributed by atoms with van der Waals surface area (Å²) in [7, 11) is 0. The molecule has 17 heavy (non-hydrogen) atoms. The van der Waals surface area contributed by atoms with Crippen LogP contribution in [0.3, 0.4) is 0 Å². The highest BCUT2D eigenvalue weighted by molar-refractivity contribution is 5.97. The maximum atomic E-state index is 10.3. The molecule has 0 aliphatic carbocycles. The van der Waals surface area contributed by atoms with E-state index in [9.17, 15) is 14.4 Å². The predicted molar refractivity (Wildman–Crippen MR) is 60.4 cm³/mol. The maximum Gasteiger partial charge on any atom is 0.335 e. The molecule has 1 aromatic carbocycles. The van der Waals surface area contributed by atoms with Gasteiger partial charge in [0.2, 0.25) is 11.8 Å². The van der Waals surface area contributed by atoms with E-state index in [4.69, 9.17) is 5.11 Å². The lowest BCUT2D eigenvalue weighted by Gasteiger charge is -2.07. The van der Waals surface area contributed by atoms with Crippen LogP contribution in [0.15, 0.2) is 30.3 Å². The average molecular weight is 235 g/mol. The van der Waals surface area contributed by atoms with Gasteiger partial charge in [0.05, 0.1) is 5.56 Å². The van der Waals surface area contributed by atoms with Gasteiger partial charge in [-0.2, -0.15) is 0 Å². The van der Waals surface area contributed by atoms with E-state index < -0.39 is 5.97 Å². The highest BCUT2D eigenvalue weighted by atomic mass is 16.4. The molecule has 1 saturated heterocycles. The van der Waals surface area contributed by atoms with E-state index in [1.165, 1.54) is 0 Å².